The minimum absolute atomic E-state index is 0.234. The van der Waals surface area contributed by atoms with Gasteiger partial charge in [-0.05, 0) is 24.3 Å². The number of nitrogens with two attached hydrogens (primary N) is 1. The molecule has 0 saturated heterocycles. The van der Waals surface area contributed by atoms with Crippen molar-refractivity contribution in [1.82, 2.24) is 4.98 Å². The fourth-order valence-electron chi connectivity index (χ4n) is 2.21. The third-order valence-electron chi connectivity index (χ3n) is 3.29. The number of nitrogen functional groups attached to an aromatic ring is 1. The van der Waals surface area contributed by atoms with Crippen LogP contribution in [0.1, 0.15) is 10.4 Å². The van der Waals surface area contributed by atoms with Gasteiger partial charge in [0.1, 0.15) is 17.0 Å². The third-order valence-corrected chi connectivity index (χ3v) is 4.12. The van der Waals surface area contributed by atoms with Crippen LogP contribution in [0.15, 0.2) is 36.4 Å². The Balaban J connectivity index is 1.92. The first-order valence-corrected chi connectivity index (χ1v) is 7.62. The number of thiazole rings is 1. The van der Waals surface area contributed by atoms with Crippen LogP contribution in [0.3, 0.4) is 0 Å². The van der Waals surface area contributed by atoms with Crippen molar-refractivity contribution in [3.8, 4) is 11.5 Å². The molecule has 0 aliphatic heterocycles. The highest BCUT2D eigenvalue weighted by Crippen LogP contribution is 2.34. The molecule has 23 heavy (non-hydrogen) atoms. The summed E-state index contributed by atoms with van der Waals surface area (Å²) in [5.74, 6) is 0.958. The minimum Gasteiger partial charge on any atom is -0.497 e. The number of amides is 1. The van der Waals surface area contributed by atoms with Gasteiger partial charge in [0, 0.05) is 17.3 Å². The van der Waals surface area contributed by atoms with Gasteiger partial charge in [-0.1, -0.05) is 17.4 Å². The Morgan fingerprint density at radius 3 is 2.78 bits per heavy atom. The molecule has 0 unspecified atom stereocenters. The van der Waals surface area contributed by atoms with Gasteiger partial charge in [0.15, 0.2) is 5.13 Å². The molecule has 0 radical (unpaired) electrons. The number of ether oxygens (including phenoxy) is 2. The second kappa shape index (κ2) is 6.13. The first-order chi connectivity index (χ1) is 11.1. The topological polar surface area (TPSA) is 86.5 Å². The highest BCUT2D eigenvalue weighted by atomic mass is 32.1. The molecule has 1 heterocycles. The van der Waals surface area contributed by atoms with Crippen molar-refractivity contribution in [2.75, 3.05) is 25.3 Å². The average molecular weight is 329 g/mol. The highest BCUT2D eigenvalue weighted by Gasteiger charge is 2.12. The molecule has 3 aromatic rings. The number of aromatic nitrogens is 1. The molecule has 0 aliphatic rings. The standard InChI is InChI=1S/C16H15N3O3S/c1-21-11-5-3-4-9(6-11)15(20)18-10-7-12(22-2)14-13(8-10)23-16(17)19-14/h3-8H,1-2H3,(H2,17,19)(H,18,20). The van der Waals surface area contributed by atoms with Gasteiger partial charge in [0.2, 0.25) is 0 Å². The van der Waals surface area contributed by atoms with E-state index in [0.29, 0.717) is 33.4 Å². The molecule has 7 heteroatoms. The van der Waals surface area contributed by atoms with E-state index in [1.54, 1.807) is 44.6 Å². The summed E-state index contributed by atoms with van der Waals surface area (Å²) in [4.78, 5) is 16.6. The Labute approximate surface area is 136 Å². The normalized spacial score (nSPS) is 10.5. The second-order valence-electron chi connectivity index (χ2n) is 4.76. The maximum atomic E-state index is 12.4. The highest BCUT2D eigenvalue weighted by molar-refractivity contribution is 7.22. The van der Waals surface area contributed by atoms with Crippen LogP contribution < -0.4 is 20.5 Å². The molecule has 6 nitrogen and oxygen atoms in total. The first kappa shape index (κ1) is 15.1. The van der Waals surface area contributed by atoms with Crippen LogP contribution in [0, 0.1) is 0 Å². The zero-order valence-corrected chi connectivity index (χ0v) is 13.4. The Bertz CT molecular complexity index is 876. The summed E-state index contributed by atoms with van der Waals surface area (Å²) >= 11 is 1.34. The molecule has 1 aromatic heterocycles. The van der Waals surface area contributed by atoms with Crippen molar-refractivity contribution in [1.29, 1.82) is 0 Å². The predicted molar refractivity (Wildman–Crippen MR) is 91.5 cm³/mol. The number of hydrogen-bond acceptors (Lipinski definition) is 6. The molecule has 0 aliphatic carbocycles. The zero-order chi connectivity index (χ0) is 16.4. The monoisotopic (exact) mass is 329 g/mol. The van der Waals surface area contributed by atoms with E-state index in [-0.39, 0.29) is 5.91 Å². The smallest absolute Gasteiger partial charge is 0.255 e. The van der Waals surface area contributed by atoms with Gasteiger partial charge in [-0.15, -0.1) is 0 Å². The first-order valence-electron chi connectivity index (χ1n) is 6.80. The fraction of sp³-hybridized carbons (Fsp3) is 0.125. The van der Waals surface area contributed by atoms with E-state index in [1.165, 1.54) is 11.3 Å². The molecular formula is C16H15N3O3S. The Hall–Kier alpha value is -2.80. The van der Waals surface area contributed by atoms with Crippen LogP contribution in [0.25, 0.3) is 10.2 Å². The molecule has 118 valence electrons. The van der Waals surface area contributed by atoms with Crippen LogP contribution in [0.4, 0.5) is 10.8 Å². The van der Waals surface area contributed by atoms with Crippen LogP contribution >= 0.6 is 11.3 Å². The summed E-state index contributed by atoms with van der Waals surface area (Å²) in [5, 5.41) is 3.30. The Morgan fingerprint density at radius 2 is 2.04 bits per heavy atom. The summed E-state index contributed by atoms with van der Waals surface area (Å²) < 4.78 is 11.3. The number of nitrogens with zero attached hydrogens (tertiary/aromatic N) is 1. The Kier molecular flexibility index (Phi) is 4.03. The van der Waals surface area contributed by atoms with Gasteiger partial charge in [0.05, 0.1) is 18.9 Å². The number of carbonyl (C=O) groups is 1. The SMILES string of the molecule is COc1cccc(C(=O)Nc2cc(OC)c3nc(N)sc3c2)c1. The van der Waals surface area contributed by atoms with Crippen molar-refractivity contribution in [2.24, 2.45) is 0 Å². The van der Waals surface area contributed by atoms with Gasteiger partial charge in [-0.2, -0.15) is 0 Å². The second-order valence-corrected chi connectivity index (χ2v) is 5.83. The average Bonchev–Trinajstić information content (AvgIpc) is 2.94. The number of fused-ring (bicyclic) bond motifs is 1. The van der Waals surface area contributed by atoms with Crippen molar-refractivity contribution >= 4 is 38.3 Å². The number of methoxy groups -OCH3 is 2. The van der Waals surface area contributed by atoms with Crippen molar-refractivity contribution in [3.63, 3.8) is 0 Å². The third kappa shape index (κ3) is 3.04. The molecule has 0 saturated carbocycles. The molecule has 3 N–H and O–H groups in total. The van der Waals surface area contributed by atoms with Gasteiger partial charge in [-0.3, -0.25) is 4.79 Å². The van der Waals surface area contributed by atoms with E-state index in [2.05, 4.69) is 10.3 Å². The zero-order valence-electron chi connectivity index (χ0n) is 12.6. The van der Waals surface area contributed by atoms with Crippen LogP contribution in [-0.4, -0.2) is 25.1 Å². The summed E-state index contributed by atoms with van der Waals surface area (Å²) in [6.07, 6.45) is 0. The quantitative estimate of drug-likeness (QED) is 0.768. The van der Waals surface area contributed by atoms with Gasteiger partial charge in [-0.25, -0.2) is 4.98 Å². The fourth-order valence-corrected chi connectivity index (χ4v) is 3.00. The van der Waals surface area contributed by atoms with Crippen LogP contribution in [-0.2, 0) is 0 Å². The van der Waals surface area contributed by atoms with Gasteiger partial charge < -0.3 is 20.5 Å². The molecule has 1 amide bonds. The molecule has 0 bridgehead atoms. The number of benzene rings is 2. The van der Waals surface area contributed by atoms with Gasteiger partial charge >= 0.3 is 0 Å². The van der Waals surface area contributed by atoms with Crippen molar-refractivity contribution < 1.29 is 14.3 Å². The summed E-state index contributed by atoms with van der Waals surface area (Å²) in [6.45, 7) is 0. The number of anilines is 2. The molecule has 0 fully saturated rings. The number of hydrogen-bond donors (Lipinski definition) is 2. The van der Waals surface area contributed by atoms with Crippen LogP contribution in [0.2, 0.25) is 0 Å². The molecule has 3 rings (SSSR count). The van der Waals surface area contributed by atoms with E-state index >= 15 is 0 Å². The molecular weight excluding hydrogens is 314 g/mol. The maximum Gasteiger partial charge on any atom is 0.255 e. The summed E-state index contributed by atoms with van der Waals surface area (Å²) in [6, 6.07) is 10.5. The van der Waals surface area contributed by atoms with E-state index in [0.717, 1.165) is 4.70 Å². The van der Waals surface area contributed by atoms with Gasteiger partial charge in [0.25, 0.3) is 5.91 Å². The van der Waals surface area contributed by atoms with E-state index in [9.17, 15) is 4.79 Å². The molecule has 0 spiro atoms. The summed E-state index contributed by atoms with van der Waals surface area (Å²) in [7, 11) is 3.11. The lowest BCUT2D eigenvalue weighted by Crippen LogP contribution is -2.12. The lowest BCUT2D eigenvalue weighted by atomic mass is 10.2. The lowest BCUT2D eigenvalue weighted by Gasteiger charge is -2.09. The predicted octanol–water partition coefficient (Wildman–Crippen LogP) is 3.15. The number of carbonyl (C=O) groups excluding carboxylic acids is 1. The van der Waals surface area contributed by atoms with Crippen LogP contribution in [0.5, 0.6) is 11.5 Å². The van der Waals surface area contributed by atoms with Crippen molar-refractivity contribution in [3.05, 3.63) is 42.0 Å². The molecule has 0 atom stereocenters. The maximum absolute atomic E-state index is 12.4. The van der Waals surface area contributed by atoms with E-state index in [1.807, 2.05) is 6.07 Å². The number of nitrogens with one attached hydrogen (secondary N) is 1. The largest absolute Gasteiger partial charge is 0.497 e. The summed E-state index contributed by atoms with van der Waals surface area (Å²) in [5.41, 5.74) is 7.55. The van der Waals surface area contributed by atoms with Crippen molar-refractivity contribution in [2.45, 2.75) is 0 Å². The van der Waals surface area contributed by atoms with E-state index < -0.39 is 0 Å². The number of rotatable bonds is 4. The lowest BCUT2D eigenvalue weighted by molar-refractivity contribution is 0.102. The molecule has 2 aromatic carbocycles. The van der Waals surface area contributed by atoms with E-state index in [4.69, 9.17) is 15.2 Å². The minimum atomic E-state index is -0.234. The Morgan fingerprint density at radius 1 is 1.22 bits per heavy atom.